The molecule has 0 saturated carbocycles. The Balaban J connectivity index is 0. The molecule has 0 saturated heterocycles. The second kappa shape index (κ2) is 8.91. The van der Waals surface area contributed by atoms with Crippen molar-refractivity contribution in [3.8, 4) is 0 Å². The van der Waals surface area contributed by atoms with E-state index in [1.54, 1.807) is 0 Å². The number of carboxylic acids is 1. The van der Waals surface area contributed by atoms with Gasteiger partial charge >= 0.3 is 0 Å². The molecular formula is C3H6O3. The topological polar surface area (TPSA) is 54.4 Å². The van der Waals surface area contributed by atoms with Gasteiger partial charge in [0.25, 0.3) is 5.97 Å². The summed E-state index contributed by atoms with van der Waals surface area (Å²) in [6.45, 7) is 3.08. The van der Waals surface area contributed by atoms with Gasteiger partial charge in [0.15, 0.2) is 0 Å². The highest BCUT2D eigenvalue weighted by atomic mass is 16.4. The number of carbonyl (C=O) groups is 2. The molecule has 0 aromatic rings. The lowest BCUT2D eigenvalue weighted by atomic mass is 10.9. The van der Waals surface area contributed by atoms with Crippen molar-refractivity contribution >= 4 is 12.8 Å². The van der Waals surface area contributed by atoms with Gasteiger partial charge < -0.3 is 9.90 Å². The molecule has 1 N–H and O–H groups in total. The molecule has 0 aromatic heterocycles. The van der Waals surface area contributed by atoms with E-state index in [4.69, 9.17) is 14.7 Å². The second-order valence-corrected chi connectivity index (χ2v) is 0.519. The average molecular weight is 90.1 g/mol. The van der Waals surface area contributed by atoms with Crippen LogP contribution in [0, 0.1) is 0 Å². The zero-order valence-corrected chi connectivity index (χ0v) is 3.47. The van der Waals surface area contributed by atoms with Crippen molar-refractivity contribution in [2.75, 3.05) is 0 Å². The summed E-state index contributed by atoms with van der Waals surface area (Å²) in [6.07, 6.45) is 0. The number of carboxylic acid groups (broad SMARTS) is 1. The Kier molecular flexibility index (Phi) is 13.3. The van der Waals surface area contributed by atoms with Crippen LogP contribution in [0.5, 0.6) is 0 Å². The van der Waals surface area contributed by atoms with Crippen LogP contribution in [0.15, 0.2) is 0 Å². The zero-order valence-electron chi connectivity index (χ0n) is 3.47. The standard InChI is InChI=1S/C2H4O2.CH2O/c1-2(3)4;1-2/h1H3,(H,3,4);1H2. The SMILES string of the molecule is C=O.CC(=O)O. The Morgan fingerprint density at radius 3 is 1.67 bits per heavy atom. The van der Waals surface area contributed by atoms with Gasteiger partial charge in [0.05, 0.1) is 0 Å². The molecule has 0 aliphatic rings. The van der Waals surface area contributed by atoms with Crippen LogP contribution < -0.4 is 0 Å². The molecule has 3 heteroatoms. The predicted molar refractivity (Wildman–Crippen MR) is 20.4 cm³/mol. The number of hydrogen-bond donors (Lipinski definition) is 1. The lowest BCUT2D eigenvalue weighted by Crippen LogP contribution is -1.78. The minimum Gasteiger partial charge on any atom is -0.481 e. The first kappa shape index (κ1) is 8.94. The van der Waals surface area contributed by atoms with E-state index in [1.807, 2.05) is 6.79 Å². The minimum absolute atomic E-state index is 0.833. The third-order valence-corrected chi connectivity index (χ3v) is 0. The molecular weight excluding hydrogens is 84.0 g/mol. The second-order valence-electron chi connectivity index (χ2n) is 0.519. The van der Waals surface area contributed by atoms with Crippen molar-refractivity contribution < 1.29 is 14.7 Å². The summed E-state index contributed by atoms with van der Waals surface area (Å²) in [4.78, 5) is 17.0. The van der Waals surface area contributed by atoms with E-state index < -0.39 is 5.97 Å². The van der Waals surface area contributed by atoms with Gasteiger partial charge in [0.1, 0.15) is 6.79 Å². The first-order valence-electron chi connectivity index (χ1n) is 1.22. The van der Waals surface area contributed by atoms with Crippen molar-refractivity contribution in [3.63, 3.8) is 0 Å². The Morgan fingerprint density at radius 2 is 1.67 bits per heavy atom. The van der Waals surface area contributed by atoms with Gasteiger partial charge in [0, 0.05) is 6.92 Å². The summed E-state index contributed by atoms with van der Waals surface area (Å²) >= 11 is 0. The summed E-state index contributed by atoms with van der Waals surface area (Å²) in [5.41, 5.74) is 0. The third kappa shape index (κ3) is 19.4. The fourth-order valence-corrected chi connectivity index (χ4v) is 0. The molecule has 0 unspecified atom stereocenters. The third-order valence-electron chi connectivity index (χ3n) is 0. The Bertz CT molecular complexity index is 37.3. The fraction of sp³-hybridized carbons (Fsp3) is 0.333. The normalized spacial score (nSPS) is 4.83. The lowest BCUT2D eigenvalue weighted by molar-refractivity contribution is -0.134. The van der Waals surface area contributed by atoms with E-state index in [-0.39, 0.29) is 0 Å². The Morgan fingerprint density at radius 1 is 1.67 bits per heavy atom. The molecule has 0 spiro atoms. The van der Waals surface area contributed by atoms with Gasteiger partial charge in [-0.3, -0.25) is 4.79 Å². The van der Waals surface area contributed by atoms with Crippen molar-refractivity contribution in [2.24, 2.45) is 0 Å². The van der Waals surface area contributed by atoms with Crippen LogP contribution in [-0.2, 0) is 9.59 Å². The van der Waals surface area contributed by atoms with E-state index in [2.05, 4.69) is 0 Å². The van der Waals surface area contributed by atoms with Crippen LogP contribution >= 0.6 is 0 Å². The molecule has 0 aliphatic heterocycles. The maximum Gasteiger partial charge on any atom is 0.300 e. The van der Waals surface area contributed by atoms with E-state index in [1.165, 1.54) is 0 Å². The monoisotopic (exact) mass is 90.0 g/mol. The van der Waals surface area contributed by atoms with Crippen LogP contribution in [0.4, 0.5) is 0 Å². The molecule has 3 nitrogen and oxygen atoms in total. The molecule has 36 valence electrons. The van der Waals surface area contributed by atoms with E-state index in [9.17, 15) is 0 Å². The first-order chi connectivity index (χ1) is 2.73. The van der Waals surface area contributed by atoms with Gasteiger partial charge in [-0.05, 0) is 0 Å². The molecule has 0 aromatic carbocycles. The summed E-state index contributed by atoms with van der Waals surface area (Å²) in [5.74, 6) is -0.833. The summed E-state index contributed by atoms with van der Waals surface area (Å²) < 4.78 is 0. The molecule has 0 bridgehead atoms. The number of carbonyl (C=O) groups excluding carboxylic acids is 1. The van der Waals surface area contributed by atoms with Crippen molar-refractivity contribution in [1.29, 1.82) is 0 Å². The number of aliphatic carboxylic acids is 1. The molecule has 0 radical (unpaired) electrons. The molecule has 0 atom stereocenters. The highest BCUT2D eigenvalue weighted by Gasteiger charge is 1.65. The average Bonchev–Trinajstić information content (AvgIpc) is 1.41. The molecule has 0 fully saturated rings. The minimum atomic E-state index is -0.833. The van der Waals surface area contributed by atoms with Crippen LogP contribution in [0.1, 0.15) is 6.92 Å². The molecule has 0 rings (SSSR count). The number of rotatable bonds is 0. The van der Waals surface area contributed by atoms with E-state index in [0.29, 0.717) is 0 Å². The molecule has 6 heavy (non-hydrogen) atoms. The molecule has 0 aliphatic carbocycles. The highest BCUT2D eigenvalue weighted by molar-refractivity contribution is 5.62. The Hall–Kier alpha value is -0.860. The zero-order chi connectivity index (χ0) is 5.58. The molecule has 0 amide bonds. The summed E-state index contributed by atoms with van der Waals surface area (Å²) in [6, 6.07) is 0. The fourth-order valence-electron chi connectivity index (χ4n) is 0. The van der Waals surface area contributed by atoms with Gasteiger partial charge in [-0.15, -0.1) is 0 Å². The van der Waals surface area contributed by atoms with Gasteiger partial charge in [-0.1, -0.05) is 0 Å². The van der Waals surface area contributed by atoms with Crippen molar-refractivity contribution in [1.82, 2.24) is 0 Å². The van der Waals surface area contributed by atoms with Gasteiger partial charge in [0.2, 0.25) is 0 Å². The smallest absolute Gasteiger partial charge is 0.300 e. The van der Waals surface area contributed by atoms with Crippen LogP contribution in [0.3, 0.4) is 0 Å². The van der Waals surface area contributed by atoms with Gasteiger partial charge in [-0.25, -0.2) is 0 Å². The van der Waals surface area contributed by atoms with E-state index >= 15 is 0 Å². The highest BCUT2D eigenvalue weighted by Crippen LogP contribution is 1.42. The number of hydrogen-bond acceptors (Lipinski definition) is 2. The van der Waals surface area contributed by atoms with E-state index in [0.717, 1.165) is 6.92 Å². The summed E-state index contributed by atoms with van der Waals surface area (Å²) in [7, 11) is 0. The predicted octanol–water partition coefficient (Wildman–Crippen LogP) is -0.0940. The maximum atomic E-state index is 9.00. The van der Waals surface area contributed by atoms with Crippen LogP contribution in [-0.4, -0.2) is 17.9 Å². The van der Waals surface area contributed by atoms with Crippen LogP contribution in [0.25, 0.3) is 0 Å². The van der Waals surface area contributed by atoms with Gasteiger partial charge in [-0.2, -0.15) is 0 Å². The largest absolute Gasteiger partial charge is 0.481 e. The Labute approximate surface area is 35.6 Å². The van der Waals surface area contributed by atoms with Crippen molar-refractivity contribution in [3.05, 3.63) is 0 Å². The quantitative estimate of drug-likeness (QED) is 0.452. The lowest BCUT2D eigenvalue weighted by Gasteiger charge is -1.59. The first-order valence-corrected chi connectivity index (χ1v) is 1.22. The van der Waals surface area contributed by atoms with Crippen LogP contribution in [0.2, 0.25) is 0 Å². The maximum absolute atomic E-state index is 9.00. The van der Waals surface area contributed by atoms with Crippen molar-refractivity contribution in [2.45, 2.75) is 6.92 Å². The summed E-state index contributed by atoms with van der Waals surface area (Å²) in [5, 5.41) is 7.42. The molecule has 0 heterocycles.